The zero-order valence-corrected chi connectivity index (χ0v) is 22.9. The highest BCUT2D eigenvalue weighted by Crippen LogP contribution is 2.40. The van der Waals surface area contributed by atoms with Crippen LogP contribution in [0.25, 0.3) is 22.3 Å². The lowest BCUT2D eigenvalue weighted by atomic mass is 9.98. The van der Waals surface area contributed by atoms with E-state index in [1.54, 1.807) is 43.5 Å². The van der Waals surface area contributed by atoms with Crippen molar-refractivity contribution < 1.29 is 23.8 Å². The van der Waals surface area contributed by atoms with Gasteiger partial charge in [-0.1, -0.05) is 24.3 Å². The standard InChI is InChI=1S/C33H27FN4O4/c1-41-14-13-38-30-17-23(33(39)40)9-12-29(30)37-32(38)26-11-7-21-16-22(8-10-25(21)26)28-3-2-4-31(36-28)42-19-24-6-5-20(18-35)15-27(24)34/h2-6,8-10,12,15-17,26H,7,11,13-14,19H2,1H3,(H,39,40)/t26-/m0/s1. The average molecular weight is 563 g/mol. The maximum atomic E-state index is 14.3. The number of rotatable bonds is 9. The number of carbonyl (C=O) groups is 1. The minimum Gasteiger partial charge on any atom is -0.478 e. The molecule has 0 fully saturated rings. The number of carboxylic acid groups (broad SMARTS) is 1. The Bertz CT molecular complexity index is 1860. The summed E-state index contributed by atoms with van der Waals surface area (Å²) in [5.74, 6) is -0.115. The molecule has 8 nitrogen and oxygen atoms in total. The van der Waals surface area contributed by atoms with Crippen molar-refractivity contribution in [2.24, 2.45) is 0 Å². The number of methoxy groups -OCH3 is 1. The van der Waals surface area contributed by atoms with Gasteiger partial charge in [-0.15, -0.1) is 0 Å². The number of ether oxygens (including phenoxy) is 2. The number of halogens is 1. The molecule has 9 heteroatoms. The molecule has 0 saturated heterocycles. The molecule has 0 bridgehead atoms. The molecule has 0 saturated carbocycles. The van der Waals surface area contributed by atoms with Gasteiger partial charge in [-0.3, -0.25) is 0 Å². The molecule has 0 aliphatic heterocycles. The molecule has 1 atom stereocenters. The lowest BCUT2D eigenvalue weighted by Gasteiger charge is -2.15. The van der Waals surface area contributed by atoms with Crippen LogP contribution in [0.15, 0.2) is 72.8 Å². The lowest BCUT2D eigenvalue weighted by Crippen LogP contribution is -2.12. The summed E-state index contributed by atoms with van der Waals surface area (Å²) < 4.78 is 27.5. The average Bonchev–Trinajstić information content (AvgIpc) is 3.59. The van der Waals surface area contributed by atoms with Gasteiger partial charge in [0.2, 0.25) is 5.88 Å². The van der Waals surface area contributed by atoms with Gasteiger partial charge in [0.05, 0.1) is 40.5 Å². The van der Waals surface area contributed by atoms with E-state index >= 15 is 0 Å². The van der Waals surface area contributed by atoms with Gasteiger partial charge in [0.15, 0.2) is 0 Å². The first-order chi connectivity index (χ1) is 20.4. The maximum absolute atomic E-state index is 14.3. The highest BCUT2D eigenvalue weighted by molar-refractivity contribution is 5.92. The Labute approximate surface area is 241 Å². The topological polar surface area (TPSA) is 110 Å². The van der Waals surface area contributed by atoms with E-state index in [1.807, 2.05) is 24.3 Å². The van der Waals surface area contributed by atoms with Gasteiger partial charge in [0, 0.05) is 36.8 Å². The third-order valence-corrected chi connectivity index (χ3v) is 7.65. The van der Waals surface area contributed by atoms with E-state index in [4.69, 9.17) is 19.7 Å². The van der Waals surface area contributed by atoms with Crippen LogP contribution in [0.1, 0.15) is 50.8 Å². The number of hydrogen-bond donors (Lipinski definition) is 1. The Hall–Kier alpha value is -5.07. The zero-order chi connectivity index (χ0) is 29.2. The molecule has 1 aliphatic carbocycles. The highest BCUT2D eigenvalue weighted by Gasteiger charge is 2.29. The fourth-order valence-electron chi connectivity index (χ4n) is 5.54. The smallest absolute Gasteiger partial charge is 0.335 e. The van der Waals surface area contributed by atoms with Gasteiger partial charge in [-0.25, -0.2) is 19.2 Å². The van der Waals surface area contributed by atoms with Crippen LogP contribution in [0.4, 0.5) is 4.39 Å². The Morgan fingerprint density at radius 3 is 2.79 bits per heavy atom. The molecule has 0 radical (unpaired) electrons. The van der Waals surface area contributed by atoms with E-state index in [0.29, 0.717) is 24.6 Å². The van der Waals surface area contributed by atoms with Gasteiger partial charge >= 0.3 is 5.97 Å². The molecular formula is C33H27FN4O4. The molecule has 2 heterocycles. The van der Waals surface area contributed by atoms with Crippen LogP contribution in [-0.4, -0.2) is 39.3 Å². The summed E-state index contributed by atoms with van der Waals surface area (Å²) in [5.41, 5.74) is 6.47. The summed E-state index contributed by atoms with van der Waals surface area (Å²) in [7, 11) is 1.65. The number of carboxylic acids is 1. The number of hydrogen-bond acceptors (Lipinski definition) is 6. The van der Waals surface area contributed by atoms with E-state index in [9.17, 15) is 14.3 Å². The van der Waals surface area contributed by atoms with E-state index < -0.39 is 11.8 Å². The molecule has 5 aromatic rings. The highest BCUT2D eigenvalue weighted by atomic mass is 19.1. The fraction of sp³-hybridized carbons (Fsp3) is 0.212. The number of nitriles is 1. The number of pyridine rings is 1. The molecule has 0 unspecified atom stereocenters. The molecule has 6 rings (SSSR count). The first kappa shape index (κ1) is 27.1. The maximum Gasteiger partial charge on any atom is 0.335 e. The second-order valence-electron chi connectivity index (χ2n) is 10.2. The molecule has 210 valence electrons. The number of aromatic nitrogens is 3. The molecule has 1 N–H and O–H groups in total. The summed E-state index contributed by atoms with van der Waals surface area (Å²) in [6.45, 7) is 1.05. The summed E-state index contributed by atoms with van der Waals surface area (Å²) in [4.78, 5) is 21.2. The van der Waals surface area contributed by atoms with Crippen LogP contribution < -0.4 is 4.74 Å². The molecule has 2 aromatic heterocycles. The van der Waals surface area contributed by atoms with Crippen molar-refractivity contribution in [3.8, 4) is 23.2 Å². The van der Waals surface area contributed by atoms with Gasteiger partial charge in [-0.05, 0) is 66.4 Å². The van der Waals surface area contributed by atoms with Crippen molar-refractivity contribution in [1.29, 1.82) is 5.26 Å². The molecule has 3 aromatic carbocycles. The summed E-state index contributed by atoms with van der Waals surface area (Å²) in [6.07, 6.45) is 1.75. The summed E-state index contributed by atoms with van der Waals surface area (Å²) in [6, 6.07) is 23.0. The minimum absolute atomic E-state index is 0.00209. The Kier molecular flexibility index (Phi) is 7.38. The predicted molar refractivity (Wildman–Crippen MR) is 154 cm³/mol. The van der Waals surface area contributed by atoms with E-state index in [2.05, 4.69) is 21.7 Å². The van der Waals surface area contributed by atoms with Crippen molar-refractivity contribution in [1.82, 2.24) is 14.5 Å². The third kappa shape index (κ3) is 5.20. The quantitative estimate of drug-likeness (QED) is 0.231. The van der Waals surface area contributed by atoms with Crippen LogP contribution in [0.3, 0.4) is 0 Å². The monoisotopic (exact) mass is 562 g/mol. The summed E-state index contributed by atoms with van der Waals surface area (Å²) in [5, 5.41) is 18.5. The number of benzene rings is 3. The van der Waals surface area contributed by atoms with Crippen LogP contribution in [-0.2, 0) is 24.3 Å². The van der Waals surface area contributed by atoms with E-state index in [0.717, 1.165) is 41.0 Å². The van der Waals surface area contributed by atoms with Crippen molar-refractivity contribution in [3.63, 3.8) is 0 Å². The van der Waals surface area contributed by atoms with Crippen molar-refractivity contribution in [3.05, 3.63) is 112 Å². The molecule has 0 spiro atoms. The van der Waals surface area contributed by atoms with Gasteiger partial charge in [-0.2, -0.15) is 5.26 Å². The SMILES string of the molecule is COCCn1c([C@H]2CCc3cc(-c4cccc(OCc5ccc(C#N)cc5F)n4)ccc32)nc2ccc(C(=O)O)cc21. The van der Waals surface area contributed by atoms with Gasteiger partial charge in [0.1, 0.15) is 18.2 Å². The van der Waals surface area contributed by atoms with Crippen molar-refractivity contribution >= 4 is 17.0 Å². The normalized spacial score (nSPS) is 14.1. The minimum atomic E-state index is -0.971. The second kappa shape index (κ2) is 11.4. The largest absolute Gasteiger partial charge is 0.478 e. The second-order valence-corrected chi connectivity index (χ2v) is 10.2. The zero-order valence-electron chi connectivity index (χ0n) is 22.9. The Morgan fingerprint density at radius 2 is 2.00 bits per heavy atom. The lowest BCUT2D eigenvalue weighted by molar-refractivity contribution is 0.0697. The van der Waals surface area contributed by atoms with Crippen LogP contribution in [0.2, 0.25) is 0 Å². The summed E-state index contributed by atoms with van der Waals surface area (Å²) >= 11 is 0. The van der Waals surface area contributed by atoms with Crippen molar-refractivity contribution in [2.45, 2.75) is 31.9 Å². The van der Waals surface area contributed by atoms with Crippen LogP contribution in [0.5, 0.6) is 5.88 Å². The van der Waals surface area contributed by atoms with Gasteiger partial charge < -0.3 is 19.1 Å². The first-order valence-corrected chi connectivity index (χ1v) is 13.6. The first-order valence-electron chi connectivity index (χ1n) is 13.6. The predicted octanol–water partition coefficient (Wildman–Crippen LogP) is 6.11. The number of fused-ring (bicyclic) bond motifs is 2. The van der Waals surface area contributed by atoms with Gasteiger partial charge in [0.25, 0.3) is 0 Å². The third-order valence-electron chi connectivity index (χ3n) is 7.65. The van der Waals surface area contributed by atoms with E-state index in [1.165, 1.54) is 17.2 Å². The molecule has 1 aliphatic rings. The van der Waals surface area contributed by atoms with E-state index in [-0.39, 0.29) is 23.7 Å². The van der Waals surface area contributed by atoms with Crippen LogP contribution >= 0.6 is 0 Å². The molecule has 0 amide bonds. The fourth-order valence-corrected chi connectivity index (χ4v) is 5.54. The number of aryl methyl sites for hydroxylation is 1. The Morgan fingerprint density at radius 1 is 1.12 bits per heavy atom. The number of aromatic carboxylic acids is 1. The molecule has 42 heavy (non-hydrogen) atoms. The Balaban J connectivity index is 1.26. The van der Waals surface area contributed by atoms with Crippen molar-refractivity contribution in [2.75, 3.05) is 13.7 Å². The van der Waals surface area contributed by atoms with Crippen LogP contribution in [0, 0.1) is 17.1 Å². The number of imidazole rings is 1. The number of nitrogens with zero attached hydrogens (tertiary/aromatic N) is 4. The molecular weight excluding hydrogens is 535 g/mol.